The summed E-state index contributed by atoms with van der Waals surface area (Å²) >= 11 is 1.38. The number of nitrogens with one attached hydrogen (secondary N) is 1. The molecule has 1 aromatic rings. The van der Waals surface area contributed by atoms with Crippen molar-refractivity contribution in [3.8, 4) is 0 Å². The fourth-order valence-electron chi connectivity index (χ4n) is 1.43. The van der Waals surface area contributed by atoms with Crippen molar-refractivity contribution in [2.45, 2.75) is 18.5 Å². The lowest BCUT2D eigenvalue weighted by Crippen LogP contribution is -2.16. The van der Waals surface area contributed by atoms with E-state index in [2.05, 4.69) is 15.2 Å². The van der Waals surface area contributed by atoms with Crippen molar-refractivity contribution in [2.24, 2.45) is 5.92 Å². The molecule has 0 radical (unpaired) electrons. The van der Waals surface area contributed by atoms with Crippen molar-refractivity contribution in [1.29, 1.82) is 0 Å². The molecule has 1 aliphatic heterocycles. The number of hydrogen-bond acceptors (Lipinski definition) is 5. The number of H-pyrrole nitrogens is 1. The topological polar surface area (TPSA) is 67.9 Å². The summed E-state index contributed by atoms with van der Waals surface area (Å²) in [6.45, 7) is 3.12. The molecule has 1 fully saturated rings. The third-order valence-electron chi connectivity index (χ3n) is 2.31. The number of aryl methyl sites for hydroxylation is 1. The van der Waals surface area contributed by atoms with E-state index in [1.54, 1.807) is 0 Å². The number of aromatic nitrogens is 3. The fraction of sp³-hybridized carbons (Fsp3) is 0.667. The Labute approximate surface area is 92.0 Å². The van der Waals surface area contributed by atoms with Gasteiger partial charge in [-0.1, -0.05) is 11.8 Å². The molecule has 15 heavy (non-hydrogen) atoms. The molecule has 1 aromatic heterocycles. The van der Waals surface area contributed by atoms with Crippen LogP contribution < -0.4 is 0 Å². The normalized spacial score (nSPS) is 20.7. The van der Waals surface area contributed by atoms with Crippen LogP contribution in [0.15, 0.2) is 5.16 Å². The minimum absolute atomic E-state index is 0.0811. The number of ketones is 1. The minimum atomic E-state index is 0.0811. The maximum atomic E-state index is 11.7. The van der Waals surface area contributed by atoms with Gasteiger partial charge in [-0.2, -0.15) is 0 Å². The lowest BCUT2D eigenvalue weighted by Gasteiger charge is -2.03. The first-order chi connectivity index (χ1) is 7.25. The van der Waals surface area contributed by atoms with Gasteiger partial charge in [0.05, 0.1) is 12.4 Å². The smallest absolute Gasteiger partial charge is 0.208 e. The molecule has 0 aromatic carbocycles. The fourth-order valence-corrected chi connectivity index (χ4v) is 2.25. The molecule has 1 N–H and O–H groups in total. The van der Waals surface area contributed by atoms with Gasteiger partial charge in [-0.15, -0.1) is 5.10 Å². The van der Waals surface area contributed by atoms with E-state index in [1.807, 2.05) is 6.92 Å². The molecule has 82 valence electrons. The molecule has 1 saturated heterocycles. The molecule has 1 aliphatic rings. The van der Waals surface area contributed by atoms with E-state index >= 15 is 0 Å². The first-order valence-electron chi connectivity index (χ1n) is 4.88. The Morgan fingerprint density at radius 3 is 3.20 bits per heavy atom. The van der Waals surface area contributed by atoms with Crippen LogP contribution in [0.4, 0.5) is 0 Å². The number of ether oxygens (including phenoxy) is 1. The van der Waals surface area contributed by atoms with Crippen LogP contribution in [-0.2, 0) is 9.53 Å². The molecule has 5 nitrogen and oxygen atoms in total. The lowest BCUT2D eigenvalue weighted by atomic mass is 10.1. The maximum Gasteiger partial charge on any atom is 0.208 e. The largest absolute Gasteiger partial charge is 0.381 e. The summed E-state index contributed by atoms with van der Waals surface area (Å²) in [5.74, 6) is 1.53. The van der Waals surface area contributed by atoms with Crippen molar-refractivity contribution in [3.63, 3.8) is 0 Å². The highest BCUT2D eigenvalue weighted by Crippen LogP contribution is 2.18. The second kappa shape index (κ2) is 4.76. The first-order valence-corrected chi connectivity index (χ1v) is 5.86. The quantitative estimate of drug-likeness (QED) is 0.771. The Morgan fingerprint density at radius 2 is 2.60 bits per heavy atom. The van der Waals surface area contributed by atoms with Gasteiger partial charge in [0.15, 0.2) is 0 Å². The van der Waals surface area contributed by atoms with Crippen LogP contribution in [-0.4, -0.2) is 39.9 Å². The number of thioether (sulfide) groups is 1. The SMILES string of the molecule is Cc1nc(SCC(=O)C2CCOC2)n[nH]1. The minimum Gasteiger partial charge on any atom is -0.381 e. The first kappa shape index (κ1) is 10.6. The predicted octanol–water partition coefficient (Wildman–Crippen LogP) is 0.811. The van der Waals surface area contributed by atoms with Crippen molar-refractivity contribution in [3.05, 3.63) is 5.82 Å². The molecule has 0 saturated carbocycles. The number of carbonyl (C=O) groups is 1. The third kappa shape index (κ3) is 2.79. The van der Waals surface area contributed by atoms with Crippen LogP contribution >= 0.6 is 11.8 Å². The number of rotatable bonds is 4. The predicted molar refractivity (Wildman–Crippen MR) is 55.8 cm³/mol. The van der Waals surface area contributed by atoms with Crippen molar-refractivity contribution >= 4 is 17.5 Å². The van der Waals surface area contributed by atoms with Crippen molar-refractivity contribution in [2.75, 3.05) is 19.0 Å². The summed E-state index contributed by atoms with van der Waals surface area (Å²) in [6.07, 6.45) is 0.854. The average Bonchev–Trinajstić information content (AvgIpc) is 2.84. The Hall–Kier alpha value is -0.880. The summed E-state index contributed by atoms with van der Waals surface area (Å²) < 4.78 is 5.17. The Morgan fingerprint density at radius 1 is 1.73 bits per heavy atom. The molecular formula is C9H13N3O2S. The van der Waals surface area contributed by atoms with E-state index in [1.165, 1.54) is 11.8 Å². The van der Waals surface area contributed by atoms with E-state index in [0.29, 0.717) is 24.1 Å². The van der Waals surface area contributed by atoms with Gasteiger partial charge in [0.25, 0.3) is 0 Å². The van der Waals surface area contributed by atoms with Crippen molar-refractivity contribution in [1.82, 2.24) is 15.2 Å². The zero-order valence-corrected chi connectivity index (χ0v) is 9.34. The van der Waals surface area contributed by atoms with Crippen LogP contribution in [0.5, 0.6) is 0 Å². The number of carbonyl (C=O) groups excluding carboxylic acids is 1. The van der Waals surface area contributed by atoms with Gasteiger partial charge in [0, 0.05) is 12.5 Å². The Kier molecular flexibility index (Phi) is 3.37. The molecule has 0 bridgehead atoms. The molecule has 0 amide bonds. The summed E-state index contributed by atoms with van der Waals surface area (Å²) in [6, 6.07) is 0. The van der Waals surface area contributed by atoms with E-state index in [-0.39, 0.29) is 11.7 Å². The number of aromatic amines is 1. The highest BCUT2D eigenvalue weighted by molar-refractivity contribution is 7.99. The lowest BCUT2D eigenvalue weighted by molar-refractivity contribution is -0.120. The zero-order chi connectivity index (χ0) is 10.7. The van der Waals surface area contributed by atoms with Crippen LogP contribution in [0.25, 0.3) is 0 Å². The van der Waals surface area contributed by atoms with E-state index < -0.39 is 0 Å². The highest BCUT2D eigenvalue weighted by atomic mass is 32.2. The maximum absolute atomic E-state index is 11.7. The second-order valence-corrected chi connectivity index (χ2v) is 4.46. The van der Waals surface area contributed by atoms with Crippen LogP contribution in [0.3, 0.4) is 0 Å². The average molecular weight is 227 g/mol. The van der Waals surface area contributed by atoms with E-state index in [4.69, 9.17) is 4.74 Å². The van der Waals surface area contributed by atoms with Crippen LogP contribution in [0, 0.1) is 12.8 Å². The second-order valence-electron chi connectivity index (χ2n) is 3.52. The van der Waals surface area contributed by atoms with Crippen molar-refractivity contribution < 1.29 is 9.53 Å². The van der Waals surface area contributed by atoms with Gasteiger partial charge in [-0.25, -0.2) is 4.98 Å². The molecular weight excluding hydrogens is 214 g/mol. The van der Waals surface area contributed by atoms with Gasteiger partial charge in [0.1, 0.15) is 11.6 Å². The number of Topliss-reactive ketones (excluding diaryl/α,β-unsaturated/α-hetero) is 1. The van der Waals surface area contributed by atoms with Gasteiger partial charge >= 0.3 is 0 Å². The summed E-state index contributed by atoms with van der Waals surface area (Å²) in [5, 5.41) is 7.34. The molecule has 1 unspecified atom stereocenters. The van der Waals surface area contributed by atoms with Gasteiger partial charge < -0.3 is 4.74 Å². The summed E-state index contributed by atoms with van der Waals surface area (Å²) in [5.41, 5.74) is 0. The molecule has 2 heterocycles. The summed E-state index contributed by atoms with van der Waals surface area (Å²) in [7, 11) is 0. The number of nitrogens with zero attached hydrogens (tertiary/aromatic N) is 2. The number of hydrogen-bond donors (Lipinski definition) is 1. The third-order valence-corrected chi connectivity index (χ3v) is 3.17. The summed E-state index contributed by atoms with van der Waals surface area (Å²) in [4.78, 5) is 15.8. The standard InChI is InChI=1S/C9H13N3O2S/c1-6-10-9(12-11-6)15-5-8(13)7-2-3-14-4-7/h7H,2-5H2,1H3,(H,10,11,12). The van der Waals surface area contributed by atoms with Crippen LogP contribution in [0.2, 0.25) is 0 Å². The molecule has 2 rings (SSSR count). The molecule has 0 aliphatic carbocycles. The van der Waals surface area contributed by atoms with Gasteiger partial charge in [-0.05, 0) is 13.3 Å². The highest BCUT2D eigenvalue weighted by Gasteiger charge is 2.23. The zero-order valence-electron chi connectivity index (χ0n) is 8.52. The van der Waals surface area contributed by atoms with E-state index in [0.717, 1.165) is 12.2 Å². The monoisotopic (exact) mass is 227 g/mol. The molecule has 0 spiro atoms. The van der Waals surface area contributed by atoms with Gasteiger partial charge in [-0.3, -0.25) is 9.89 Å². The van der Waals surface area contributed by atoms with Gasteiger partial charge in [0.2, 0.25) is 5.16 Å². The Bertz CT molecular complexity index is 347. The Balaban J connectivity index is 1.80. The van der Waals surface area contributed by atoms with Crippen LogP contribution in [0.1, 0.15) is 12.2 Å². The van der Waals surface area contributed by atoms with E-state index in [9.17, 15) is 4.79 Å². The molecule has 1 atom stereocenters. The molecule has 6 heteroatoms.